The van der Waals surface area contributed by atoms with Crippen LogP contribution in [0.15, 0.2) is 18.2 Å². The van der Waals surface area contributed by atoms with Crippen LogP contribution in [0.4, 0.5) is 5.69 Å². The van der Waals surface area contributed by atoms with Gasteiger partial charge < -0.3 is 11.1 Å². The van der Waals surface area contributed by atoms with E-state index in [1.54, 1.807) is 0 Å². The van der Waals surface area contributed by atoms with Crippen LogP contribution in [0.2, 0.25) is 5.02 Å². The van der Waals surface area contributed by atoms with Crippen molar-refractivity contribution in [2.24, 2.45) is 11.7 Å². The molecule has 0 spiro atoms. The normalized spacial score (nSPS) is 20.9. The van der Waals surface area contributed by atoms with Crippen LogP contribution in [-0.4, -0.2) is 13.1 Å². The zero-order valence-electron chi connectivity index (χ0n) is 8.09. The molecular formula is C11H15ClN2. The van der Waals surface area contributed by atoms with Gasteiger partial charge in [-0.1, -0.05) is 11.6 Å². The van der Waals surface area contributed by atoms with Gasteiger partial charge in [0, 0.05) is 17.3 Å². The summed E-state index contributed by atoms with van der Waals surface area (Å²) in [6.07, 6.45) is 2.18. The molecule has 2 nitrogen and oxygen atoms in total. The fourth-order valence-corrected chi connectivity index (χ4v) is 2.12. The van der Waals surface area contributed by atoms with Crippen LogP contribution in [0, 0.1) is 5.92 Å². The quantitative estimate of drug-likeness (QED) is 0.747. The van der Waals surface area contributed by atoms with Crippen molar-refractivity contribution in [3.8, 4) is 0 Å². The van der Waals surface area contributed by atoms with E-state index in [9.17, 15) is 0 Å². The fraction of sp³-hybridized carbons (Fsp3) is 0.455. The highest BCUT2D eigenvalue weighted by atomic mass is 35.5. The molecule has 1 aromatic carbocycles. The smallest absolute Gasteiger partial charge is 0.0410 e. The lowest BCUT2D eigenvalue weighted by molar-refractivity contribution is 0.517. The van der Waals surface area contributed by atoms with Crippen LogP contribution in [0.25, 0.3) is 0 Å². The van der Waals surface area contributed by atoms with Crippen LogP contribution in [0.5, 0.6) is 0 Å². The number of hydrogen-bond acceptors (Lipinski definition) is 2. The second-order valence-corrected chi connectivity index (χ2v) is 4.26. The Labute approximate surface area is 89.4 Å². The highest BCUT2D eigenvalue weighted by molar-refractivity contribution is 6.30. The van der Waals surface area contributed by atoms with Gasteiger partial charge in [0.25, 0.3) is 0 Å². The third-order valence-corrected chi connectivity index (χ3v) is 3.01. The monoisotopic (exact) mass is 210 g/mol. The highest BCUT2D eigenvalue weighted by Gasteiger charge is 2.14. The van der Waals surface area contributed by atoms with Crippen molar-refractivity contribution in [3.05, 3.63) is 28.8 Å². The molecule has 0 saturated heterocycles. The summed E-state index contributed by atoms with van der Waals surface area (Å²) in [7, 11) is 0. The Morgan fingerprint density at radius 1 is 1.50 bits per heavy atom. The van der Waals surface area contributed by atoms with E-state index in [2.05, 4.69) is 11.4 Å². The molecule has 3 N–H and O–H groups in total. The molecule has 0 aliphatic carbocycles. The van der Waals surface area contributed by atoms with Gasteiger partial charge in [-0.3, -0.25) is 0 Å². The minimum atomic E-state index is 0.585. The van der Waals surface area contributed by atoms with Gasteiger partial charge in [-0.15, -0.1) is 0 Å². The van der Waals surface area contributed by atoms with Gasteiger partial charge in [0.2, 0.25) is 0 Å². The first kappa shape index (κ1) is 9.81. The van der Waals surface area contributed by atoms with E-state index >= 15 is 0 Å². The SMILES string of the molecule is NCC1CCNc2ccc(Cl)cc2C1. The lowest BCUT2D eigenvalue weighted by Gasteiger charge is -2.10. The number of anilines is 1. The molecule has 0 aromatic heterocycles. The minimum Gasteiger partial charge on any atom is -0.385 e. The van der Waals surface area contributed by atoms with Crippen LogP contribution in [0.1, 0.15) is 12.0 Å². The lowest BCUT2D eigenvalue weighted by Crippen LogP contribution is -2.17. The lowest BCUT2D eigenvalue weighted by atomic mass is 9.97. The molecule has 0 fully saturated rings. The number of rotatable bonds is 1. The van der Waals surface area contributed by atoms with Crippen LogP contribution in [0.3, 0.4) is 0 Å². The van der Waals surface area contributed by atoms with Crippen molar-refractivity contribution in [3.63, 3.8) is 0 Å². The van der Waals surface area contributed by atoms with E-state index in [1.165, 1.54) is 11.3 Å². The molecule has 14 heavy (non-hydrogen) atoms. The Hall–Kier alpha value is -0.730. The van der Waals surface area contributed by atoms with Crippen molar-refractivity contribution < 1.29 is 0 Å². The Morgan fingerprint density at radius 3 is 3.14 bits per heavy atom. The Balaban J connectivity index is 2.28. The standard InChI is InChI=1S/C11H15ClN2/c12-10-1-2-11-9(6-10)5-8(7-13)3-4-14-11/h1-2,6,8,14H,3-5,7,13H2. The Bertz CT molecular complexity index is 325. The first-order chi connectivity index (χ1) is 6.79. The molecule has 0 bridgehead atoms. The number of nitrogens with two attached hydrogens (primary N) is 1. The largest absolute Gasteiger partial charge is 0.385 e. The highest BCUT2D eigenvalue weighted by Crippen LogP contribution is 2.26. The Kier molecular flexibility index (Phi) is 2.94. The molecule has 0 radical (unpaired) electrons. The molecule has 0 amide bonds. The number of hydrogen-bond donors (Lipinski definition) is 2. The molecule has 3 heteroatoms. The molecule has 1 heterocycles. The van der Waals surface area contributed by atoms with Gasteiger partial charge >= 0.3 is 0 Å². The van der Waals surface area contributed by atoms with Gasteiger partial charge in [-0.05, 0) is 49.1 Å². The maximum atomic E-state index is 5.96. The summed E-state index contributed by atoms with van der Waals surface area (Å²) < 4.78 is 0. The third kappa shape index (κ3) is 2.02. The van der Waals surface area contributed by atoms with E-state index in [-0.39, 0.29) is 0 Å². The van der Waals surface area contributed by atoms with Gasteiger partial charge in [0.1, 0.15) is 0 Å². The number of nitrogens with one attached hydrogen (secondary N) is 1. The molecule has 1 unspecified atom stereocenters. The molecule has 1 aliphatic rings. The van der Waals surface area contributed by atoms with E-state index in [4.69, 9.17) is 17.3 Å². The first-order valence-electron chi connectivity index (χ1n) is 5.02. The molecule has 0 saturated carbocycles. The zero-order valence-corrected chi connectivity index (χ0v) is 8.85. The molecule has 2 rings (SSSR count). The first-order valence-corrected chi connectivity index (χ1v) is 5.40. The van der Waals surface area contributed by atoms with Crippen molar-refractivity contribution in [2.75, 3.05) is 18.4 Å². The molecule has 1 aliphatic heterocycles. The predicted molar refractivity (Wildman–Crippen MR) is 60.8 cm³/mol. The Morgan fingerprint density at radius 2 is 2.36 bits per heavy atom. The maximum Gasteiger partial charge on any atom is 0.0410 e. The summed E-state index contributed by atoms with van der Waals surface area (Å²) in [5.41, 5.74) is 8.22. The summed E-state index contributed by atoms with van der Waals surface area (Å²) >= 11 is 5.96. The summed E-state index contributed by atoms with van der Waals surface area (Å²) in [6.45, 7) is 1.77. The van der Waals surface area contributed by atoms with Crippen LogP contribution >= 0.6 is 11.6 Å². The van der Waals surface area contributed by atoms with E-state index in [0.717, 1.165) is 31.0 Å². The minimum absolute atomic E-state index is 0.585. The second kappa shape index (κ2) is 4.20. The van der Waals surface area contributed by atoms with Crippen molar-refractivity contribution in [2.45, 2.75) is 12.8 Å². The van der Waals surface area contributed by atoms with Crippen molar-refractivity contribution >= 4 is 17.3 Å². The van der Waals surface area contributed by atoms with Gasteiger partial charge in [0.05, 0.1) is 0 Å². The predicted octanol–water partition coefficient (Wildman–Crippen LogP) is 2.27. The molecule has 76 valence electrons. The number of halogens is 1. The maximum absolute atomic E-state index is 5.96. The average molecular weight is 211 g/mol. The number of benzene rings is 1. The van der Waals surface area contributed by atoms with Crippen molar-refractivity contribution in [1.82, 2.24) is 0 Å². The van der Waals surface area contributed by atoms with E-state index in [1.807, 2.05) is 12.1 Å². The summed E-state index contributed by atoms with van der Waals surface area (Å²) in [4.78, 5) is 0. The molecular weight excluding hydrogens is 196 g/mol. The van der Waals surface area contributed by atoms with E-state index in [0.29, 0.717) is 5.92 Å². The van der Waals surface area contributed by atoms with Gasteiger partial charge in [-0.2, -0.15) is 0 Å². The van der Waals surface area contributed by atoms with Gasteiger partial charge in [-0.25, -0.2) is 0 Å². The topological polar surface area (TPSA) is 38.0 Å². The summed E-state index contributed by atoms with van der Waals surface area (Å²) in [5, 5.41) is 4.21. The zero-order chi connectivity index (χ0) is 9.97. The fourth-order valence-electron chi connectivity index (χ4n) is 1.93. The van der Waals surface area contributed by atoms with Crippen molar-refractivity contribution in [1.29, 1.82) is 0 Å². The van der Waals surface area contributed by atoms with Gasteiger partial charge in [0.15, 0.2) is 0 Å². The third-order valence-electron chi connectivity index (χ3n) is 2.78. The molecule has 1 atom stereocenters. The summed E-state index contributed by atoms with van der Waals surface area (Å²) in [5.74, 6) is 0.585. The van der Waals surface area contributed by atoms with Crippen LogP contribution in [-0.2, 0) is 6.42 Å². The second-order valence-electron chi connectivity index (χ2n) is 3.82. The van der Waals surface area contributed by atoms with Crippen LogP contribution < -0.4 is 11.1 Å². The average Bonchev–Trinajstić information content (AvgIpc) is 2.38. The van der Waals surface area contributed by atoms with E-state index < -0.39 is 0 Å². The number of fused-ring (bicyclic) bond motifs is 1. The molecule has 1 aromatic rings. The summed E-state index contributed by atoms with van der Waals surface area (Å²) in [6, 6.07) is 6.02.